The Morgan fingerprint density at radius 1 is 1.13 bits per heavy atom. The van der Waals surface area contributed by atoms with Gasteiger partial charge in [-0.05, 0) is 47.1 Å². The van der Waals surface area contributed by atoms with Gasteiger partial charge >= 0.3 is 0 Å². The minimum atomic E-state index is 1.00. The van der Waals surface area contributed by atoms with Gasteiger partial charge in [-0.2, -0.15) is 0 Å². The third-order valence-corrected chi connectivity index (χ3v) is 3.89. The molecule has 15 heavy (non-hydrogen) atoms. The molecule has 0 spiro atoms. The molecule has 0 aliphatic carbocycles. The van der Waals surface area contributed by atoms with Crippen molar-refractivity contribution < 1.29 is 0 Å². The Labute approximate surface area is 102 Å². The van der Waals surface area contributed by atoms with Crippen molar-refractivity contribution in [2.45, 2.75) is 16.8 Å². The standard InChI is InChI=1S/C12H10BrNS/c1-9-4-6-10(7-5-9)15-12-11(13)3-2-8-14-12/h2-8H,1H3. The van der Waals surface area contributed by atoms with Gasteiger partial charge in [0.2, 0.25) is 0 Å². The van der Waals surface area contributed by atoms with Gasteiger partial charge < -0.3 is 0 Å². The Balaban J connectivity index is 2.22. The number of hydrogen-bond acceptors (Lipinski definition) is 2. The molecule has 0 amide bonds. The quantitative estimate of drug-likeness (QED) is 0.813. The summed E-state index contributed by atoms with van der Waals surface area (Å²) in [6, 6.07) is 12.4. The van der Waals surface area contributed by atoms with E-state index >= 15 is 0 Å². The first-order valence-corrected chi connectivity index (χ1v) is 6.22. The number of aryl methyl sites for hydroxylation is 1. The number of rotatable bonds is 2. The molecule has 3 heteroatoms. The first-order valence-electron chi connectivity index (χ1n) is 4.61. The molecule has 0 aliphatic heterocycles. The molecule has 0 radical (unpaired) electrons. The van der Waals surface area contributed by atoms with Gasteiger partial charge in [0.15, 0.2) is 0 Å². The second-order valence-corrected chi connectivity index (χ2v) is 5.12. The van der Waals surface area contributed by atoms with E-state index in [4.69, 9.17) is 0 Å². The fourth-order valence-corrected chi connectivity index (χ4v) is 2.44. The Morgan fingerprint density at radius 2 is 1.87 bits per heavy atom. The van der Waals surface area contributed by atoms with Crippen molar-refractivity contribution in [2.75, 3.05) is 0 Å². The van der Waals surface area contributed by atoms with Gasteiger partial charge in [-0.3, -0.25) is 0 Å². The first-order chi connectivity index (χ1) is 7.25. The smallest absolute Gasteiger partial charge is 0.115 e. The van der Waals surface area contributed by atoms with E-state index in [1.165, 1.54) is 10.5 Å². The summed E-state index contributed by atoms with van der Waals surface area (Å²) < 4.78 is 1.04. The molecule has 0 unspecified atom stereocenters. The average molecular weight is 280 g/mol. The van der Waals surface area contributed by atoms with Gasteiger partial charge in [0.1, 0.15) is 5.03 Å². The summed E-state index contributed by atoms with van der Waals surface area (Å²) in [5, 5.41) is 1.00. The Bertz CT molecular complexity index is 453. The van der Waals surface area contributed by atoms with Crippen molar-refractivity contribution in [3.05, 3.63) is 52.6 Å². The van der Waals surface area contributed by atoms with Gasteiger partial charge in [-0.1, -0.05) is 29.5 Å². The van der Waals surface area contributed by atoms with Crippen molar-refractivity contribution >= 4 is 27.7 Å². The summed E-state index contributed by atoms with van der Waals surface area (Å²) in [6.07, 6.45) is 1.81. The minimum Gasteiger partial charge on any atom is -0.248 e. The molecule has 1 aromatic carbocycles. The van der Waals surface area contributed by atoms with Crippen LogP contribution < -0.4 is 0 Å². The van der Waals surface area contributed by atoms with Crippen LogP contribution in [0.25, 0.3) is 0 Å². The van der Waals surface area contributed by atoms with E-state index in [1.54, 1.807) is 18.0 Å². The Kier molecular flexibility index (Phi) is 3.44. The lowest BCUT2D eigenvalue weighted by Crippen LogP contribution is -1.80. The van der Waals surface area contributed by atoms with E-state index in [9.17, 15) is 0 Å². The first kappa shape index (κ1) is 10.7. The van der Waals surface area contributed by atoms with E-state index in [2.05, 4.69) is 52.1 Å². The third kappa shape index (κ3) is 2.83. The van der Waals surface area contributed by atoms with Crippen LogP contribution in [0.1, 0.15) is 5.56 Å². The molecule has 0 saturated carbocycles. The van der Waals surface area contributed by atoms with Crippen molar-refractivity contribution in [3.8, 4) is 0 Å². The van der Waals surface area contributed by atoms with Crippen LogP contribution in [0, 0.1) is 6.92 Å². The number of hydrogen-bond donors (Lipinski definition) is 0. The SMILES string of the molecule is Cc1ccc(Sc2ncccc2Br)cc1. The monoisotopic (exact) mass is 279 g/mol. The maximum atomic E-state index is 4.31. The van der Waals surface area contributed by atoms with Crippen molar-refractivity contribution in [1.29, 1.82) is 0 Å². The van der Waals surface area contributed by atoms with Crippen LogP contribution in [0.4, 0.5) is 0 Å². The molecule has 1 aromatic heterocycles. The van der Waals surface area contributed by atoms with Gasteiger partial charge in [0.25, 0.3) is 0 Å². The van der Waals surface area contributed by atoms with Crippen molar-refractivity contribution in [2.24, 2.45) is 0 Å². The predicted molar refractivity (Wildman–Crippen MR) is 67.2 cm³/mol. The predicted octanol–water partition coefficient (Wildman–Crippen LogP) is 4.30. The van der Waals surface area contributed by atoms with E-state index in [1.807, 2.05) is 12.1 Å². The molecule has 1 nitrogen and oxygen atoms in total. The zero-order valence-corrected chi connectivity index (χ0v) is 10.7. The van der Waals surface area contributed by atoms with Crippen molar-refractivity contribution in [3.63, 3.8) is 0 Å². The second-order valence-electron chi connectivity index (χ2n) is 3.21. The lowest BCUT2D eigenvalue weighted by atomic mass is 10.2. The summed E-state index contributed by atoms with van der Waals surface area (Å²) in [5.74, 6) is 0. The molecule has 1 heterocycles. The molecule has 0 aliphatic rings. The topological polar surface area (TPSA) is 12.9 Å². The average Bonchev–Trinajstić information content (AvgIpc) is 2.25. The maximum Gasteiger partial charge on any atom is 0.115 e. The fraction of sp³-hybridized carbons (Fsp3) is 0.0833. The summed E-state index contributed by atoms with van der Waals surface area (Å²) >= 11 is 5.15. The number of halogens is 1. The highest BCUT2D eigenvalue weighted by Crippen LogP contribution is 2.31. The molecule has 0 N–H and O–H groups in total. The van der Waals surface area contributed by atoms with Crippen LogP contribution in [0.3, 0.4) is 0 Å². The molecule has 2 aromatic rings. The zero-order chi connectivity index (χ0) is 10.7. The molecular formula is C12H10BrNS. The fourth-order valence-electron chi connectivity index (χ4n) is 1.16. The van der Waals surface area contributed by atoms with Crippen LogP contribution in [-0.4, -0.2) is 4.98 Å². The number of nitrogens with zero attached hydrogens (tertiary/aromatic N) is 1. The molecular weight excluding hydrogens is 270 g/mol. The normalized spacial score (nSPS) is 10.3. The lowest BCUT2D eigenvalue weighted by molar-refractivity contribution is 1.11. The number of pyridine rings is 1. The van der Waals surface area contributed by atoms with E-state index in [0.717, 1.165) is 9.50 Å². The zero-order valence-electron chi connectivity index (χ0n) is 8.27. The molecule has 0 saturated heterocycles. The molecule has 76 valence electrons. The summed E-state index contributed by atoms with van der Waals surface area (Å²) in [7, 11) is 0. The van der Waals surface area contributed by atoms with E-state index < -0.39 is 0 Å². The Morgan fingerprint density at radius 3 is 2.53 bits per heavy atom. The highest BCUT2D eigenvalue weighted by molar-refractivity contribution is 9.10. The van der Waals surface area contributed by atoms with Gasteiger partial charge in [-0.15, -0.1) is 0 Å². The largest absolute Gasteiger partial charge is 0.248 e. The highest BCUT2D eigenvalue weighted by Gasteiger charge is 2.02. The van der Waals surface area contributed by atoms with Gasteiger partial charge in [0.05, 0.1) is 4.47 Å². The van der Waals surface area contributed by atoms with E-state index in [-0.39, 0.29) is 0 Å². The maximum absolute atomic E-state index is 4.31. The molecule has 0 atom stereocenters. The summed E-state index contributed by atoms with van der Waals surface area (Å²) in [6.45, 7) is 2.09. The highest BCUT2D eigenvalue weighted by atomic mass is 79.9. The van der Waals surface area contributed by atoms with Crippen LogP contribution in [-0.2, 0) is 0 Å². The molecule has 2 rings (SSSR count). The molecule has 0 bridgehead atoms. The number of benzene rings is 1. The van der Waals surface area contributed by atoms with Crippen LogP contribution in [0.5, 0.6) is 0 Å². The van der Waals surface area contributed by atoms with Gasteiger partial charge in [-0.25, -0.2) is 4.98 Å². The second kappa shape index (κ2) is 4.81. The minimum absolute atomic E-state index is 1.00. The summed E-state index contributed by atoms with van der Waals surface area (Å²) in [4.78, 5) is 5.52. The van der Waals surface area contributed by atoms with Crippen molar-refractivity contribution in [1.82, 2.24) is 4.98 Å². The van der Waals surface area contributed by atoms with Crippen LogP contribution in [0.2, 0.25) is 0 Å². The summed E-state index contributed by atoms with van der Waals surface area (Å²) in [5.41, 5.74) is 1.28. The van der Waals surface area contributed by atoms with Crippen LogP contribution in [0.15, 0.2) is 57.0 Å². The number of aromatic nitrogens is 1. The Hall–Kier alpha value is -0.800. The van der Waals surface area contributed by atoms with Crippen LogP contribution >= 0.6 is 27.7 Å². The van der Waals surface area contributed by atoms with E-state index in [0.29, 0.717) is 0 Å². The lowest BCUT2D eigenvalue weighted by Gasteiger charge is -2.02. The third-order valence-electron chi connectivity index (χ3n) is 1.96. The van der Waals surface area contributed by atoms with Gasteiger partial charge in [0, 0.05) is 11.1 Å². The molecule has 0 fully saturated rings.